The third-order valence-corrected chi connectivity index (χ3v) is 9.27. The standard InChI is InChI=1S/C33H47N3O2/c1-2-36(33(37)38-25-26-12-6-3-7-13-26)31-18-20-35(21-19-31)24-28-22-30(34-29-16-10-5-11-17-29)23-32(28)27-14-8-4-9-15-27/h3-4,6-9,12-15,28-32,34H,2,5,10-11,16-25H2,1H3. The van der Waals surface area contributed by atoms with Crippen molar-refractivity contribution in [3.05, 3.63) is 71.8 Å². The van der Waals surface area contributed by atoms with E-state index < -0.39 is 0 Å². The molecule has 2 aliphatic carbocycles. The van der Waals surface area contributed by atoms with E-state index in [1.807, 2.05) is 35.2 Å². The fourth-order valence-electron chi connectivity index (χ4n) is 7.26. The highest BCUT2D eigenvalue weighted by atomic mass is 16.6. The van der Waals surface area contributed by atoms with Crippen molar-refractivity contribution in [2.75, 3.05) is 26.2 Å². The Kier molecular flexibility index (Phi) is 9.75. The lowest BCUT2D eigenvalue weighted by atomic mass is 9.88. The van der Waals surface area contributed by atoms with E-state index in [0.717, 1.165) is 37.5 Å². The molecule has 0 bridgehead atoms. The number of rotatable bonds is 9. The van der Waals surface area contributed by atoms with Crippen molar-refractivity contribution in [1.82, 2.24) is 15.1 Å². The van der Waals surface area contributed by atoms with Crippen LogP contribution >= 0.6 is 0 Å². The van der Waals surface area contributed by atoms with Crippen LogP contribution in [0, 0.1) is 5.92 Å². The molecule has 2 aromatic rings. The van der Waals surface area contributed by atoms with E-state index in [2.05, 4.69) is 47.5 Å². The molecule has 38 heavy (non-hydrogen) atoms. The third kappa shape index (κ3) is 7.18. The molecule has 3 fully saturated rings. The van der Waals surface area contributed by atoms with Crippen LogP contribution in [0.2, 0.25) is 0 Å². The van der Waals surface area contributed by atoms with Gasteiger partial charge in [-0.3, -0.25) is 0 Å². The Hall–Kier alpha value is -2.37. The molecule has 2 saturated carbocycles. The van der Waals surface area contributed by atoms with E-state index in [1.54, 1.807) is 0 Å². The topological polar surface area (TPSA) is 44.8 Å². The summed E-state index contributed by atoms with van der Waals surface area (Å²) in [6.07, 6.45) is 11.3. The molecule has 0 spiro atoms. The molecule has 1 amide bonds. The van der Waals surface area contributed by atoms with Gasteiger partial charge in [-0.1, -0.05) is 79.9 Å². The summed E-state index contributed by atoms with van der Waals surface area (Å²) >= 11 is 0. The minimum Gasteiger partial charge on any atom is -0.445 e. The predicted molar refractivity (Wildman–Crippen MR) is 154 cm³/mol. The molecule has 1 N–H and O–H groups in total. The van der Waals surface area contributed by atoms with Crippen molar-refractivity contribution >= 4 is 6.09 Å². The minimum absolute atomic E-state index is 0.175. The summed E-state index contributed by atoms with van der Waals surface area (Å²) in [5.41, 5.74) is 2.55. The number of ether oxygens (including phenoxy) is 1. The number of benzene rings is 2. The molecule has 2 aromatic carbocycles. The quantitative estimate of drug-likeness (QED) is 0.407. The summed E-state index contributed by atoms with van der Waals surface area (Å²) in [4.78, 5) is 17.5. The van der Waals surface area contributed by atoms with Crippen molar-refractivity contribution in [3.63, 3.8) is 0 Å². The van der Waals surface area contributed by atoms with Crippen LogP contribution in [0.25, 0.3) is 0 Å². The maximum Gasteiger partial charge on any atom is 0.410 e. The van der Waals surface area contributed by atoms with E-state index in [1.165, 1.54) is 57.1 Å². The Morgan fingerprint density at radius 3 is 2.26 bits per heavy atom. The molecule has 5 rings (SSSR count). The summed E-state index contributed by atoms with van der Waals surface area (Å²) in [6, 6.07) is 22.8. The Morgan fingerprint density at radius 1 is 0.895 bits per heavy atom. The van der Waals surface area contributed by atoms with Gasteiger partial charge in [0.15, 0.2) is 0 Å². The normalized spacial score (nSPS) is 25.3. The maximum atomic E-state index is 12.9. The van der Waals surface area contributed by atoms with E-state index >= 15 is 0 Å². The van der Waals surface area contributed by atoms with Crippen LogP contribution in [-0.2, 0) is 11.3 Å². The lowest BCUT2D eigenvalue weighted by molar-refractivity contribution is 0.0602. The first-order valence-electron chi connectivity index (χ1n) is 15.2. The molecule has 3 aliphatic rings. The van der Waals surface area contributed by atoms with Gasteiger partial charge >= 0.3 is 6.09 Å². The average molecular weight is 518 g/mol. The van der Waals surface area contributed by atoms with Gasteiger partial charge in [0.05, 0.1) is 0 Å². The van der Waals surface area contributed by atoms with Crippen LogP contribution in [-0.4, -0.2) is 60.2 Å². The zero-order valence-electron chi connectivity index (χ0n) is 23.3. The lowest BCUT2D eigenvalue weighted by Crippen LogP contribution is -2.48. The number of piperidine rings is 1. The summed E-state index contributed by atoms with van der Waals surface area (Å²) in [6.45, 7) is 6.40. The van der Waals surface area contributed by atoms with Crippen molar-refractivity contribution < 1.29 is 9.53 Å². The zero-order valence-corrected chi connectivity index (χ0v) is 23.3. The van der Waals surface area contributed by atoms with E-state index in [9.17, 15) is 4.79 Å². The molecule has 0 radical (unpaired) electrons. The average Bonchev–Trinajstić information content (AvgIpc) is 3.36. The zero-order chi connectivity index (χ0) is 26.2. The van der Waals surface area contributed by atoms with E-state index in [-0.39, 0.29) is 12.1 Å². The second kappa shape index (κ2) is 13.6. The second-order valence-electron chi connectivity index (χ2n) is 11.8. The number of hydrogen-bond donors (Lipinski definition) is 1. The first kappa shape index (κ1) is 27.2. The molecular weight excluding hydrogens is 470 g/mol. The van der Waals surface area contributed by atoms with Gasteiger partial charge in [0.1, 0.15) is 6.61 Å². The van der Waals surface area contributed by atoms with Gasteiger partial charge in [0, 0.05) is 44.3 Å². The summed E-state index contributed by atoms with van der Waals surface area (Å²) in [5, 5.41) is 4.07. The molecule has 0 aromatic heterocycles. The molecule has 1 saturated heterocycles. The molecule has 206 valence electrons. The van der Waals surface area contributed by atoms with Crippen LogP contribution < -0.4 is 5.32 Å². The number of nitrogens with one attached hydrogen (secondary N) is 1. The molecule has 1 heterocycles. The van der Waals surface area contributed by atoms with Gasteiger partial charge in [0.25, 0.3) is 0 Å². The number of likely N-dealkylation sites (tertiary alicyclic amines) is 1. The first-order valence-corrected chi connectivity index (χ1v) is 15.2. The predicted octanol–water partition coefficient (Wildman–Crippen LogP) is 6.59. The van der Waals surface area contributed by atoms with Crippen LogP contribution in [0.3, 0.4) is 0 Å². The molecule has 5 heteroatoms. The van der Waals surface area contributed by atoms with Crippen LogP contribution in [0.15, 0.2) is 60.7 Å². The van der Waals surface area contributed by atoms with E-state index in [4.69, 9.17) is 4.74 Å². The van der Waals surface area contributed by atoms with Crippen molar-refractivity contribution in [2.24, 2.45) is 5.92 Å². The number of nitrogens with zero attached hydrogens (tertiary/aromatic N) is 2. The number of carbonyl (C=O) groups excluding carboxylic acids is 1. The highest BCUT2D eigenvalue weighted by Crippen LogP contribution is 2.41. The molecule has 5 nitrogen and oxygen atoms in total. The Balaban J connectivity index is 1.14. The Morgan fingerprint density at radius 2 is 1.58 bits per heavy atom. The smallest absolute Gasteiger partial charge is 0.410 e. The van der Waals surface area contributed by atoms with Crippen LogP contribution in [0.1, 0.15) is 81.8 Å². The van der Waals surface area contributed by atoms with Gasteiger partial charge in [0.2, 0.25) is 0 Å². The maximum absolute atomic E-state index is 12.9. The molecule has 3 atom stereocenters. The molecule has 1 aliphatic heterocycles. The fourth-order valence-corrected chi connectivity index (χ4v) is 7.26. The fraction of sp³-hybridized carbons (Fsp3) is 0.606. The Labute approximate surface area is 229 Å². The van der Waals surface area contributed by atoms with Gasteiger partial charge in [-0.15, -0.1) is 0 Å². The monoisotopic (exact) mass is 517 g/mol. The summed E-state index contributed by atoms with van der Waals surface area (Å²) in [7, 11) is 0. The first-order chi connectivity index (χ1) is 18.7. The Bertz CT molecular complexity index is 970. The van der Waals surface area contributed by atoms with Crippen LogP contribution in [0.5, 0.6) is 0 Å². The largest absolute Gasteiger partial charge is 0.445 e. The van der Waals surface area contributed by atoms with Gasteiger partial charge in [-0.05, 0) is 68.4 Å². The third-order valence-electron chi connectivity index (χ3n) is 9.27. The van der Waals surface area contributed by atoms with Gasteiger partial charge in [-0.25, -0.2) is 4.79 Å². The highest BCUT2D eigenvalue weighted by molar-refractivity contribution is 5.68. The van der Waals surface area contributed by atoms with Crippen molar-refractivity contribution in [1.29, 1.82) is 0 Å². The van der Waals surface area contributed by atoms with Crippen molar-refractivity contribution in [3.8, 4) is 0 Å². The van der Waals surface area contributed by atoms with E-state index in [0.29, 0.717) is 31.0 Å². The minimum atomic E-state index is -0.175. The highest BCUT2D eigenvalue weighted by Gasteiger charge is 2.38. The number of carbonyl (C=O) groups is 1. The number of amides is 1. The molecular formula is C33H47N3O2. The summed E-state index contributed by atoms with van der Waals surface area (Å²) < 4.78 is 5.67. The molecule has 3 unspecified atom stereocenters. The van der Waals surface area contributed by atoms with Crippen molar-refractivity contribution in [2.45, 2.75) is 95.4 Å². The van der Waals surface area contributed by atoms with Gasteiger partial charge in [-0.2, -0.15) is 0 Å². The second-order valence-corrected chi connectivity index (χ2v) is 11.8. The summed E-state index contributed by atoms with van der Waals surface area (Å²) in [5.74, 6) is 1.32. The van der Waals surface area contributed by atoms with Crippen LogP contribution in [0.4, 0.5) is 4.79 Å². The SMILES string of the molecule is CCN(C(=O)OCc1ccccc1)C1CCN(CC2CC(NC3CCCCC3)CC2c2ccccc2)CC1. The lowest BCUT2D eigenvalue weighted by Gasteiger charge is -2.39. The van der Waals surface area contributed by atoms with Gasteiger partial charge < -0.3 is 19.9 Å². The number of hydrogen-bond acceptors (Lipinski definition) is 4.